The molecule has 20 heavy (non-hydrogen) atoms. The summed E-state index contributed by atoms with van der Waals surface area (Å²) in [5, 5.41) is 9.93. The largest absolute Gasteiger partial charge is 0.419 e. The van der Waals surface area contributed by atoms with E-state index in [9.17, 15) is 27.1 Å². The Bertz CT molecular complexity index is 632. The van der Waals surface area contributed by atoms with Crippen LogP contribution in [-0.4, -0.2) is 5.11 Å². The van der Waals surface area contributed by atoms with Crippen LogP contribution in [-0.2, 0) is 6.18 Å². The Morgan fingerprint density at radius 2 is 1.70 bits per heavy atom. The number of thiophene rings is 1. The molecule has 108 valence electrons. The first-order valence-electron chi connectivity index (χ1n) is 5.51. The van der Waals surface area contributed by atoms with Crippen LogP contribution < -0.4 is 0 Å². The molecule has 1 N–H and O–H groups in total. The van der Waals surface area contributed by atoms with E-state index in [0.29, 0.717) is 10.9 Å². The second-order valence-electron chi connectivity index (χ2n) is 4.18. The average molecular weight is 308 g/mol. The number of aryl methyl sites for hydroxylation is 1. The first-order chi connectivity index (χ1) is 9.21. The molecule has 0 saturated heterocycles. The standard InChI is InChI=1S/C13H9F5OS/c1-6-2-5-9(20-6)12(19)7-3-4-8(13(16,17)18)11(15)10(7)14/h2-5,12,19H,1H3. The smallest absolute Gasteiger partial charge is 0.383 e. The van der Waals surface area contributed by atoms with Crippen LogP contribution in [0.25, 0.3) is 0 Å². The summed E-state index contributed by atoms with van der Waals surface area (Å²) in [4.78, 5) is 1.17. The molecule has 0 bridgehead atoms. The fourth-order valence-electron chi connectivity index (χ4n) is 1.75. The van der Waals surface area contributed by atoms with Gasteiger partial charge in [-0.25, -0.2) is 8.78 Å². The summed E-state index contributed by atoms with van der Waals surface area (Å²) in [5.74, 6) is -3.68. The zero-order valence-corrected chi connectivity index (χ0v) is 10.9. The van der Waals surface area contributed by atoms with E-state index >= 15 is 0 Å². The molecule has 1 atom stereocenters. The highest BCUT2D eigenvalue weighted by atomic mass is 32.1. The molecule has 0 radical (unpaired) electrons. The third-order valence-corrected chi connectivity index (χ3v) is 3.80. The molecule has 2 aromatic rings. The van der Waals surface area contributed by atoms with Gasteiger partial charge in [-0.1, -0.05) is 6.07 Å². The van der Waals surface area contributed by atoms with Crippen molar-refractivity contribution in [2.75, 3.05) is 0 Å². The van der Waals surface area contributed by atoms with Crippen molar-refractivity contribution in [3.05, 3.63) is 56.8 Å². The highest BCUT2D eigenvalue weighted by molar-refractivity contribution is 7.12. The van der Waals surface area contributed by atoms with Crippen LogP contribution in [0.5, 0.6) is 0 Å². The number of aliphatic hydroxyl groups excluding tert-OH is 1. The van der Waals surface area contributed by atoms with Gasteiger partial charge in [-0.05, 0) is 25.1 Å². The Balaban J connectivity index is 2.47. The molecule has 0 spiro atoms. The Morgan fingerprint density at radius 1 is 1.05 bits per heavy atom. The van der Waals surface area contributed by atoms with E-state index < -0.39 is 35.0 Å². The lowest BCUT2D eigenvalue weighted by Gasteiger charge is -2.14. The normalized spacial score (nSPS) is 13.6. The van der Waals surface area contributed by atoms with E-state index in [4.69, 9.17) is 0 Å². The molecule has 7 heteroatoms. The summed E-state index contributed by atoms with van der Waals surface area (Å²) >= 11 is 1.15. The molecule has 2 rings (SSSR count). The monoisotopic (exact) mass is 308 g/mol. The van der Waals surface area contributed by atoms with Crippen molar-refractivity contribution in [3.63, 3.8) is 0 Å². The zero-order chi connectivity index (χ0) is 15.1. The van der Waals surface area contributed by atoms with E-state index in [1.54, 1.807) is 13.0 Å². The van der Waals surface area contributed by atoms with Crippen LogP contribution in [0.2, 0.25) is 0 Å². The van der Waals surface area contributed by atoms with Crippen molar-refractivity contribution < 1.29 is 27.1 Å². The molecule has 0 aliphatic rings. The van der Waals surface area contributed by atoms with Gasteiger partial charge >= 0.3 is 6.18 Å². The number of hydrogen-bond donors (Lipinski definition) is 1. The number of hydrogen-bond acceptors (Lipinski definition) is 2. The van der Waals surface area contributed by atoms with Gasteiger partial charge in [0.15, 0.2) is 11.6 Å². The molecule has 0 saturated carbocycles. The quantitative estimate of drug-likeness (QED) is 0.814. The van der Waals surface area contributed by atoms with E-state index in [1.807, 2.05) is 0 Å². The second kappa shape index (κ2) is 5.14. The lowest BCUT2D eigenvalue weighted by Crippen LogP contribution is -2.12. The molecule has 0 aliphatic heterocycles. The van der Waals surface area contributed by atoms with E-state index in [2.05, 4.69) is 0 Å². The first-order valence-corrected chi connectivity index (χ1v) is 6.33. The zero-order valence-electron chi connectivity index (χ0n) is 10.1. The van der Waals surface area contributed by atoms with Gasteiger partial charge < -0.3 is 5.11 Å². The summed E-state index contributed by atoms with van der Waals surface area (Å²) < 4.78 is 64.4. The van der Waals surface area contributed by atoms with E-state index in [-0.39, 0.29) is 0 Å². The van der Waals surface area contributed by atoms with Crippen molar-refractivity contribution in [2.45, 2.75) is 19.2 Å². The van der Waals surface area contributed by atoms with Crippen molar-refractivity contribution in [1.29, 1.82) is 0 Å². The number of alkyl halides is 3. The molecule has 0 aliphatic carbocycles. The fraction of sp³-hybridized carbons (Fsp3) is 0.231. The minimum absolute atomic E-state index is 0.334. The lowest BCUT2D eigenvalue weighted by atomic mass is 10.0. The van der Waals surface area contributed by atoms with Gasteiger partial charge in [-0.15, -0.1) is 11.3 Å². The summed E-state index contributed by atoms with van der Waals surface area (Å²) in [6, 6.07) is 4.36. The molecule has 0 fully saturated rings. The van der Waals surface area contributed by atoms with Crippen molar-refractivity contribution >= 4 is 11.3 Å². The highest BCUT2D eigenvalue weighted by Crippen LogP contribution is 2.36. The topological polar surface area (TPSA) is 20.2 Å². The summed E-state index contributed by atoms with van der Waals surface area (Å²) in [6.45, 7) is 1.75. The highest BCUT2D eigenvalue weighted by Gasteiger charge is 2.36. The molecule has 1 heterocycles. The third kappa shape index (κ3) is 2.69. The van der Waals surface area contributed by atoms with E-state index in [1.165, 1.54) is 6.07 Å². The number of aliphatic hydroxyl groups is 1. The van der Waals surface area contributed by atoms with Crippen LogP contribution in [0.4, 0.5) is 22.0 Å². The van der Waals surface area contributed by atoms with Gasteiger partial charge in [-0.3, -0.25) is 0 Å². The van der Waals surface area contributed by atoms with Crippen molar-refractivity contribution in [3.8, 4) is 0 Å². The lowest BCUT2D eigenvalue weighted by molar-refractivity contribution is -0.140. The fourth-order valence-corrected chi connectivity index (χ4v) is 2.63. The van der Waals surface area contributed by atoms with Gasteiger partial charge in [0.25, 0.3) is 0 Å². The Morgan fingerprint density at radius 3 is 2.20 bits per heavy atom. The molecular formula is C13H9F5OS. The third-order valence-electron chi connectivity index (χ3n) is 2.74. The summed E-state index contributed by atoms with van der Waals surface area (Å²) in [7, 11) is 0. The minimum atomic E-state index is -4.98. The molecule has 1 aromatic heterocycles. The Kier molecular flexibility index (Phi) is 3.84. The Hall–Kier alpha value is -1.47. The van der Waals surface area contributed by atoms with Gasteiger partial charge in [0.2, 0.25) is 0 Å². The van der Waals surface area contributed by atoms with Crippen LogP contribution in [0.3, 0.4) is 0 Å². The van der Waals surface area contributed by atoms with E-state index in [0.717, 1.165) is 22.3 Å². The predicted octanol–water partition coefficient (Wildman–Crippen LogP) is 4.44. The summed E-state index contributed by atoms with van der Waals surface area (Å²) in [5.41, 5.74) is -2.20. The molecule has 1 aromatic carbocycles. The van der Waals surface area contributed by atoms with Gasteiger partial charge in [0.05, 0.1) is 5.56 Å². The van der Waals surface area contributed by atoms with Crippen LogP contribution >= 0.6 is 11.3 Å². The maximum atomic E-state index is 13.7. The average Bonchev–Trinajstić information content (AvgIpc) is 2.77. The van der Waals surface area contributed by atoms with Gasteiger partial charge in [0, 0.05) is 15.3 Å². The molecule has 0 amide bonds. The number of benzene rings is 1. The molecular weight excluding hydrogens is 299 g/mol. The predicted molar refractivity (Wildman–Crippen MR) is 64.5 cm³/mol. The van der Waals surface area contributed by atoms with Crippen LogP contribution in [0.15, 0.2) is 24.3 Å². The van der Waals surface area contributed by atoms with Gasteiger partial charge in [0.1, 0.15) is 6.10 Å². The number of rotatable bonds is 2. The van der Waals surface area contributed by atoms with Crippen LogP contribution in [0.1, 0.15) is 27.0 Å². The minimum Gasteiger partial charge on any atom is -0.383 e. The van der Waals surface area contributed by atoms with Crippen molar-refractivity contribution in [2.24, 2.45) is 0 Å². The Labute approximate surface area is 115 Å². The summed E-state index contributed by atoms with van der Waals surface area (Å²) in [6.07, 6.45) is -6.47. The van der Waals surface area contributed by atoms with Crippen molar-refractivity contribution in [1.82, 2.24) is 0 Å². The second-order valence-corrected chi connectivity index (χ2v) is 5.50. The first kappa shape index (κ1) is 14.9. The molecule has 1 unspecified atom stereocenters. The SMILES string of the molecule is Cc1ccc(C(O)c2ccc(C(F)(F)F)c(F)c2F)s1. The van der Waals surface area contributed by atoms with Gasteiger partial charge in [-0.2, -0.15) is 13.2 Å². The molecule has 1 nitrogen and oxygen atoms in total. The number of halogens is 5. The maximum absolute atomic E-state index is 13.7. The maximum Gasteiger partial charge on any atom is 0.419 e. The van der Waals surface area contributed by atoms with Crippen LogP contribution in [0, 0.1) is 18.6 Å².